The first-order valence-electron chi connectivity index (χ1n) is 11.3. The van der Waals surface area contributed by atoms with Gasteiger partial charge in [0.25, 0.3) is 0 Å². The minimum atomic E-state index is -1.03. The molecule has 0 bridgehead atoms. The van der Waals surface area contributed by atoms with Crippen LogP contribution >= 0.6 is 0 Å². The molecular formula is C24H27N7O4. The molecule has 3 aromatic heterocycles. The Labute approximate surface area is 202 Å². The molecule has 4 rings (SSSR count). The quantitative estimate of drug-likeness (QED) is 0.471. The Hall–Kier alpha value is -4.28. The molecule has 1 aliphatic rings. The zero-order valence-corrected chi connectivity index (χ0v) is 19.3. The Morgan fingerprint density at radius 1 is 1.00 bits per heavy atom. The van der Waals surface area contributed by atoms with Gasteiger partial charge in [-0.3, -0.25) is 9.88 Å². The van der Waals surface area contributed by atoms with Gasteiger partial charge in [-0.15, -0.1) is 0 Å². The lowest BCUT2D eigenvalue weighted by molar-refractivity contribution is 0.184. The first kappa shape index (κ1) is 23.9. The molecule has 3 amide bonds. The van der Waals surface area contributed by atoms with Crippen LogP contribution < -0.4 is 20.3 Å². The summed E-state index contributed by atoms with van der Waals surface area (Å²) in [5, 5.41) is 14.5. The maximum Gasteiger partial charge on any atom is 0.404 e. The molecule has 3 N–H and O–H groups in total. The Kier molecular flexibility index (Phi) is 7.66. The monoisotopic (exact) mass is 477 g/mol. The number of methoxy groups -OCH3 is 1. The van der Waals surface area contributed by atoms with E-state index in [0.717, 1.165) is 16.8 Å². The number of carboxylic acid groups (broad SMARTS) is 1. The maximum atomic E-state index is 13.3. The topological polar surface area (TPSA) is 142 Å². The van der Waals surface area contributed by atoms with Crippen molar-refractivity contribution in [2.75, 3.05) is 12.0 Å². The molecule has 3 heterocycles. The summed E-state index contributed by atoms with van der Waals surface area (Å²) in [6.07, 6.45) is 8.21. The molecule has 0 saturated heterocycles. The zero-order chi connectivity index (χ0) is 24.6. The number of urea groups is 1. The minimum Gasteiger partial charge on any atom is -0.467 e. The highest BCUT2D eigenvalue weighted by molar-refractivity contribution is 5.91. The number of pyridine rings is 2. The summed E-state index contributed by atoms with van der Waals surface area (Å²) in [6, 6.07) is 8.96. The second-order valence-corrected chi connectivity index (χ2v) is 8.17. The number of carbonyl (C=O) groups excluding carboxylic acids is 1. The van der Waals surface area contributed by atoms with Gasteiger partial charge in [0.05, 0.1) is 19.3 Å². The van der Waals surface area contributed by atoms with E-state index in [0.29, 0.717) is 31.5 Å². The van der Waals surface area contributed by atoms with Crippen molar-refractivity contribution >= 4 is 17.9 Å². The molecule has 1 fully saturated rings. The summed E-state index contributed by atoms with van der Waals surface area (Å²) >= 11 is 0. The van der Waals surface area contributed by atoms with Gasteiger partial charge in [0.15, 0.2) is 0 Å². The summed E-state index contributed by atoms with van der Waals surface area (Å²) in [5.41, 5.74) is 2.33. The van der Waals surface area contributed by atoms with Crippen LogP contribution in [-0.4, -0.2) is 56.4 Å². The van der Waals surface area contributed by atoms with Crippen molar-refractivity contribution in [1.29, 1.82) is 0 Å². The number of carbonyl (C=O) groups is 2. The van der Waals surface area contributed by atoms with Crippen LogP contribution in [-0.2, 0) is 6.54 Å². The summed E-state index contributed by atoms with van der Waals surface area (Å²) in [6.45, 7) is 0.285. The number of aromatic nitrogens is 4. The van der Waals surface area contributed by atoms with Crippen LogP contribution in [0.2, 0.25) is 0 Å². The van der Waals surface area contributed by atoms with Crippen molar-refractivity contribution < 1.29 is 19.4 Å². The highest BCUT2D eigenvalue weighted by Crippen LogP contribution is 2.28. The van der Waals surface area contributed by atoms with Crippen LogP contribution in [0.3, 0.4) is 0 Å². The number of hydrogen-bond acceptors (Lipinski definition) is 7. The Bertz CT molecular complexity index is 1120. The molecule has 0 aliphatic heterocycles. The predicted molar refractivity (Wildman–Crippen MR) is 128 cm³/mol. The van der Waals surface area contributed by atoms with E-state index in [4.69, 9.17) is 9.84 Å². The van der Waals surface area contributed by atoms with Crippen LogP contribution in [0.15, 0.2) is 55.1 Å². The molecule has 11 heteroatoms. The van der Waals surface area contributed by atoms with E-state index in [1.165, 1.54) is 7.11 Å². The first-order valence-corrected chi connectivity index (χ1v) is 11.3. The zero-order valence-electron chi connectivity index (χ0n) is 19.3. The first-order chi connectivity index (χ1) is 17.0. The normalized spacial score (nSPS) is 17.3. The maximum absolute atomic E-state index is 13.3. The van der Waals surface area contributed by atoms with E-state index in [-0.39, 0.29) is 30.7 Å². The van der Waals surface area contributed by atoms with Crippen LogP contribution in [0, 0.1) is 0 Å². The number of anilines is 1. The van der Waals surface area contributed by atoms with E-state index in [2.05, 4.69) is 30.6 Å². The van der Waals surface area contributed by atoms with Gasteiger partial charge in [0, 0.05) is 48.0 Å². The largest absolute Gasteiger partial charge is 0.467 e. The van der Waals surface area contributed by atoms with Crippen molar-refractivity contribution in [3.05, 3.63) is 60.8 Å². The van der Waals surface area contributed by atoms with Crippen LogP contribution in [0.25, 0.3) is 11.1 Å². The summed E-state index contributed by atoms with van der Waals surface area (Å²) in [5.74, 6) is 0.511. The highest BCUT2D eigenvalue weighted by atomic mass is 16.5. The fourth-order valence-corrected chi connectivity index (χ4v) is 4.13. The van der Waals surface area contributed by atoms with Crippen molar-refractivity contribution in [1.82, 2.24) is 30.6 Å². The molecule has 0 atom stereocenters. The third-order valence-electron chi connectivity index (χ3n) is 5.89. The second-order valence-electron chi connectivity index (χ2n) is 8.17. The summed E-state index contributed by atoms with van der Waals surface area (Å²) in [4.78, 5) is 43.0. The van der Waals surface area contributed by atoms with E-state index in [1.54, 1.807) is 35.8 Å². The van der Waals surface area contributed by atoms with Gasteiger partial charge in [-0.25, -0.2) is 24.5 Å². The van der Waals surface area contributed by atoms with E-state index < -0.39 is 6.09 Å². The standard InChI is InChI=1S/C24H27N7O4/c1-35-22-27-13-17(14-28-22)16-5-10-21(26-12-16)31(20-8-6-18(7-9-20)30-24(33)34)23(32)29-15-19-4-2-3-11-25-19/h2-5,10-14,18,20,30H,6-9,15H2,1H3,(H,29,32)(H,33,34)/t18-,20-. The average molecular weight is 478 g/mol. The number of nitrogens with zero attached hydrogens (tertiary/aromatic N) is 5. The van der Waals surface area contributed by atoms with Crippen molar-refractivity contribution in [3.63, 3.8) is 0 Å². The molecular weight excluding hydrogens is 450 g/mol. The van der Waals surface area contributed by atoms with Gasteiger partial charge in [0.1, 0.15) is 5.82 Å². The van der Waals surface area contributed by atoms with E-state index in [1.807, 2.05) is 24.3 Å². The Balaban J connectivity index is 1.52. The van der Waals surface area contributed by atoms with Gasteiger partial charge in [-0.2, -0.15) is 0 Å². The molecule has 0 unspecified atom stereocenters. The SMILES string of the molecule is COc1ncc(-c2ccc(N(C(=O)NCc3ccccn3)[C@H]3CC[C@H](NC(=O)O)CC3)nc2)cn1. The number of rotatable bonds is 7. The predicted octanol–water partition coefficient (Wildman–Crippen LogP) is 3.24. The lowest BCUT2D eigenvalue weighted by Crippen LogP contribution is -2.50. The molecule has 1 aliphatic carbocycles. The fraction of sp³-hybridized carbons (Fsp3) is 0.333. The molecule has 35 heavy (non-hydrogen) atoms. The van der Waals surface area contributed by atoms with Crippen molar-refractivity contribution in [2.45, 2.75) is 44.3 Å². The number of amides is 3. The lowest BCUT2D eigenvalue weighted by Gasteiger charge is -2.36. The number of hydrogen-bond donors (Lipinski definition) is 3. The van der Waals surface area contributed by atoms with E-state index in [9.17, 15) is 9.59 Å². The molecule has 0 aromatic carbocycles. The molecule has 182 valence electrons. The van der Waals surface area contributed by atoms with Crippen LogP contribution in [0.4, 0.5) is 15.4 Å². The van der Waals surface area contributed by atoms with Crippen LogP contribution in [0.5, 0.6) is 6.01 Å². The third kappa shape index (κ3) is 6.19. The third-order valence-corrected chi connectivity index (χ3v) is 5.89. The van der Waals surface area contributed by atoms with Gasteiger partial charge in [-0.1, -0.05) is 6.07 Å². The van der Waals surface area contributed by atoms with Gasteiger partial charge in [0.2, 0.25) is 0 Å². The van der Waals surface area contributed by atoms with Crippen molar-refractivity contribution in [2.24, 2.45) is 0 Å². The van der Waals surface area contributed by atoms with Gasteiger partial charge >= 0.3 is 18.1 Å². The van der Waals surface area contributed by atoms with Crippen LogP contribution in [0.1, 0.15) is 31.4 Å². The summed E-state index contributed by atoms with van der Waals surface area (Å²) in [7, 11) is 1.50. The average Bonchev–Trinajstić information content (AvgIpc) is 2.89. The number of nitrogens with one attached hydrogen (secondary N) is 2. The lowest BCUT2D eigenvalue weighted by atomic mass is 9.90. The summed E-state index contributed by atoms with van der Waals surface area (Å²) < 4.78 is 5.00. The second kappa shape index (κ2) is 11.2. The number of ether oxygens (including phenoxy) is 1. The molecule has 0 spiro atoms. The molecule has 1 saturated carbocycles. The van der Waals surface area contributed by atoms with E-state index >= 15 is 0 Å². The van der Waals surface area contributed by atoms with Gasteiger partial charge in [-0.05, 0) is 49.9 Å². The Morgan fingerprint density at radius 3 is 2.34 bits per heavy atom. The minimum absolute atomic E-state index is 0.117. The highest BCUT2D eigenvalue weighted by Gasteiger charge is 2.31. The Morgan fingerprint density at radius 2 is 1.74 bits per heavy atom. The molecule has 0 radical (unpaired) electrons. The van der Waals surface area contributed by atoms with Gasteiger partial charge < -0.3 is 20.5 Å². The smallest absolute Gasteiger partial charge is 0.404 e. The molecule has 11 nitrogen and oxygen atoms in total. The van der Waals surface area contributed by atoms with Crippen molar-refractivity contribution in [3.8, 4) is 17.1 Å². The molecule has 3 aromatic rings. The fourth-order valence-electron chi connectivity index (χ4n) is 4.13.